The van der Waals surface area contributed by atoms with E-state index in [-0.39, 0.29) is 11.2 Å². The fourth-order valence-corrected chi connectivity index (χ4v) is 3.08. The second-order valence-electron chi connectivity index (χ2n) is 6.68. The Morgan fingerprint density at radius 2 is 2.19 bits per heavy atom. The van der Waals surface area contributed by atoms with Gasteiger partial charge in [-0.25, -0.2) is 4.98 Å². The zero-order chi connectivity index (χ0) is 18.7. The summed E-state index contributed by atoms with van der Waals surface area (Å²) in [7, 11) is 7.41. The first-order valence-corrected chi connectivity index (χ1v) is 8.59. The normalized spacial score (nSPS) is 17.3. The Morgan fingerprint density at radius 1 is 1.38 bits per heavy atom. The zero-order valence-corrected chi connectivity index (χ0v) is 15.7. The lowest BCUT2D eigenvalue weighted by Crippen LogP contribution is -2.35. The van der Waals surface area contributed by atoms with Gasteiger partial charge in [-0.05, 0) is 12.5 Å². The lowest BCUT2D eigenvalue weighted by Gasteiger charge is -2.25. The van der Waals surface area contributed by atoms with E-state index in [1.165, 1.54) is 19.4 Å². The van der Waals surface area contributed by atoms with Gasteiger partial charge in [-0.2, -0.15) is 4.98 Å². The summed E-state index contributed by atoms with van der Waals surface area (Å²) in [5, 5.41) is 0. The maximum absolute atomic E-state index is 11.9. The molecule has 1 saturated heterocycles. The van der Waals surface area contributed by atoms with Gasteiger partial charge in [0.05, 0.1) is 13.7 Å². The molecule has 0 saturated carbocycles. The number of ether oxygens (including phenoxy) is 1. The second kappa shape index (κ2) is 7.74. The molecule has 0 aliphatic carbocycles. The summed E-state index contributed by atoms with van der Waals surface area (Å²) in [5.41, 5.74) is -0.157. The number of aromatic nitrogens is 2. The average molecular weight is 359 g/mol. The molecule has 3 heterocycles. The highest BCUT2D eigenvalue weighted by atomic mass is 16.5. The Bertz CT molecular complexity index is 807. The number of hydrogen-bond donors (Lipinski definition) is 0. The summed E-state index contributed by atoms with van der Waals surface area (Å²) in [6, 6.07) is 3.71. The number of hydrogen-bond acceptors (Lipinski definition) is 8. The van der Waals surface area contributed by atoms with Crippen molar-refractivity contribution in [3.05, 3.63) is 40.6 Å². The Morgan fingerprint density at radius 3 is 2.88 bits per heavy atom. The molecule has 0 bridgehead atoms. The smallest absolute Gasteiger partial charge is 0.227 e. The molecule has 2 aromatic rings. The summed E-state index contributed by atoms with van der Waals surface area (Å²) < 4.78 is 10.5. The molecule has 26 heavy (non-hydrogen) atoms. The van der Waals surface area contributed by atoms with E-state index >= 15 is 0 Å². The van der Waals surface area contributed by atoms with Crippen LogP contribution in [0.4, 0.5) is 11.8 Å². The molecule has 0 amide bonds. The average Bonchev–Trinajstić information content (AvgIpc) is 3.10. The molecule has 3 rings (SSSR count). The molecule has 0 spiro atoms. The molecule has 1 aliphatic heterocycles. The van der Waals surface area contributed by atoms with Gasteiger partial charge in [0.15, 0.2) is 0 Å². The molecule has 140 valence electrons. The Labute approximate surface area is 153 Å². The number of likely N-dealkylation sites (tertiary alicyclic amines) is 1. The van der Waals surface area contributed by atoms with E-state index < -0.39 is 0 Å². The third-order valence-electron chi connectivity index (χ3n) is 4.65. The van der Waals surface area contributed by atoms with Crippen LogP contribution in [-0.4, -0.2) is 62.3 Å². The molecule has 0 aromatic carbocycles. The number of anilines is 2. The van der Waals surface area contributed by atoms with Crippen molar-refractivity contribution in [3.63, 3.8) is 0 Å². The van der Waals surface area contributed by atoms with Gasteiger partial charge in [0.1, 0.15) is 17.8 Å². The first-order chi connectivity index (χ1) is 12.5. The van der Waals surface area contributed by atoms with Crippen LogP contribution in [0.25, 0.3) is 0 Å². The summed E-state index contributed by atoms with van der Waals surface area (Å²) >= 11 is 0. The minimum Gasteiger partial charge on any atom is -0.490 e. The van der Waals surface area contributed by atoms with Gasteiger partial charge >= 0.3 is 0 Å². The van der Waals surface area contributed by atoms with Crippen LogP contribution in [-0.2, 0) is 6.54 Å². The van der Waals surface area contributed by atoms with Crippen LogP contribution in [0, 0.1) is 0 Å². The number of methoxy groups -OCH3 is 1. The topological polar surface area (TPSA) is 74.9 Å². The summed E-state index contributed by atoms with van der Waals surface area (Å²) in [6.45, 7) is 2.39. The molecule has 8 nitrogen and oxygen atoms in total. The zero-order valence-electron chi connectivity index (χ0n) is 15.7. The first-order valence-electron chi connectivity index (χ1n) is 8.59. The molecule has 8 heteroatoms. The Kier molecular flexibility index (Phi) is 5.41. The van der Waals surface area contributed by atoms with Gasteiger partial charge in [-0.3, -0.25) is 9.69 Å². The third-order valence-corrected chi connectivity index (χ3v) is 4.65. The van der Waals surface area contributed by atoms with Gasteiger partial charge in [0.2, 0.25) is 17.1 Å². The lowest BCUT2D eigenvalue weighted by molar-refractivity contribution is 0.284. The van der Waals surface area contributed by atoms with Crippen LogP contribution in [0.3, 0.4) is 0 Å². The molecule has 0 radical (unpaired) electrons. The maximum atomic E-state index is 11.9. The molecular weight excluding hydrogens is 334 g/mol. The quantitative estimate of drug-likeness (QED) is 0.762. The number of rotatable bonds is 6. The van der Waals surface area contributed by atoms with Crippen molar-refractivity contribution in [2.24, 2.45) is 0 Å². The fourth-order valence-electron chi connectivity index (χ4n) is 3.08. The van der Waals surface area contributed by atoms with Crippen LogP contribution in [0.15, 0.2) is 33.8 Å². The largest absolute Gasteiger partial charge is 0.490 e. The predicted octanol–water partition coefficient (Wildman–Crippen LogP) is 1.22. The highest BCUT2D eigenvalue weighted by Crippen LogP contribution is 2.21. The molecule has 2 aromatic heterocycles. The highest BCUT2D eigenvalue weighted by molar-refractivity contribution is 5.42. The minimum atomic E-state index is -0.157. The molecular formula is C18H25N5O3. The number of likely N-dealkylation sites (N-methyl/N-ethyl adjacent to an activating group) is 1. The molecule has 1 aliphatic rings. The molecule has 0 N–H and O–H groups in total. The van der Waals surface area contributed by atoms with Crippen LogP contribution in [0.2, 0.25) is 0 Å². The maximum Gasteiger partial charge on any atom is 0.227 e. The van der Waals surface area contributed by atoms with Crippen LogP contribution < -0.4 is 20.0 Å². The van der Waals surface area contributed by atoms with Crippen molar-refractivity contribution in [1.29, 1.82) is 0 Å². The van der Waals surface area contributed by atoms with Crippen LogP contribution >= 0.6 is 0 Å². The van der Waals surface area contributed by atoms with Crippen molar-refractivity contribution >= 4 is 11.8 Å². The standard InChI is InChI=1S/C18H25N5O3/c1-21(2)17-5-7-19-18(20-17)22(3)13-6-8-23(10-13)11-14-9-15(24)16(25-4)12-26-14/h5,7,9,12-13H,6,8,10-11H2,1-4H3. The van der Waals surface area contributed by atoms with Crippen LogP contribution in [0.5, 0.6) is 5.75 Å². The molecule has 1 atom stereocenters. The van der Waals surface area contributed by atoms with E-state index in [0.29, 0.717) is 18.3 Å². The minimum absolute atomic E-state index is 0.157. The summed E-state index contributed by atoms with van der Waals surface area (Å²) in [4.78, 5) is 27.2. The van der Waals surface area contributed by atoms with E-state index in [9.17, 15) is 4.79 Å². The molecule has 1 unspecified atom stereocenters. The third kappa shape index (κ3) is 3.96. The van der Waals surface area contributed by atoms with Gasteiger partial charge in [-0.15, -0.1) is 0 Å². The van der Waals surface area contributed by atoms with Crippen molar-refractivity contribution in [1.82, 2.24) is 14.9 Å². The van der Waals surface area contributed by atoms with Gasteiger partial charge in [0, 0.05) is 52.5 Å². The van der Waals surface area contributed by atoms with Crippen LogP contribution in [0.1, 0.15) is 12.2 Å². The van der Waals surface area contributed by atoms with Crippen molar-refractivity contribution < 1.29 is 9.15 Å². The fraction of sp³-hybridized carbons (Fsp3) is 0.500. The highest BCUT2D eigenvalue weighted by Gasteiger charge is 2.27. The van der Waals surface area contributed by atoms with Gasteiger partial charge < -0.3 is 19.0 Å². The van der Waals surface area contributed by atoms with Crippen molar-refractivity contribution in [3.8, 4) is 5.75 Å². The second-order valence-corrected chi connectivity index (χ2v) is 6.68. The monoisotopic (exact) mass is 359 g/mol. The SMILES string of the molecule is COc1coc(CN2CCC(N(C)c3nccc(N(C)C)n3)C2)cc1=O. The summed E-state index contributed by atoms with van der Waals surface area (Å²) in [6.07, 6.45) is 4.16. The van der Waals surface area contributed by atoms with E-state index in [4.69, 9.17) is 9.15 Å². The number of nitrogens with zero attached hydrogens (tertiary/aromatic N) is 5. The van der Waals surface area contributed by atoms with E-state index in [2.05, 4.69) is 19.8 Å². The predicted molar refractivity (Wildman–Crippen MR) is 100.0 cm³/mol. The molecule has 1 fully saturated rings. The van der Waals surface area contributed by atoms with E-state index in [1.807, 2.05) is 32.1 Å². The lowest BCUT2D eigenvalue weighted by atomic mass is 10.2. The van der Waals surface area contributed by atoms with Gasteiger partial charge in [0.25, 0.3) is 0 Å². The van der Waals surface area contributed by atoms with Gasteiger partial charge in [-0.1, -0.05) is 0 Å². The van der Waals surface area contributed by atoms with Crippen molar-refractivity contribution in [2.45, 2.75) is 19.0 Å². The Balaban J connectivity index is 1.64. The summed E-state index contributed by atoms with van der Waals surface area (Å²) in [5.74, 6) is 2.48. The Hall–Kier alpha value is -2.61. The van der Waals surface area contributed by atoms with Crippen molar-refractivity contribution in [2.75, 3.05) is 51.1 Å². The van der Waals surface area contributed by atoms with E-state index in [0.717, 1.165) is 31.3 Å². The first kappa shape index (κ1) is 18.2. The van der Waals surface area contributed by atoms with E-state index in [1.54, 1.807) is 6.20 Å².